The van der Waals surface area contributed by atoms with Gasteiger partial charge in [0.2, 0.25) is 5.91 Å². The quantitative estimate of drug-likeness (QED) is 0.534. The smallest absolute Gasteiger partial charge is 0.333 e. The fraction of sp³-hybridized carbons (Fsp3) is 0.278. The number of hydrogen-bond donors (Lipinski definition) is 0. The molecular weight excluding hydrogens is 372 g/mol. The van der Waals surface area contributed by atoms with Crippen LogP contribution in [-0.4, -0.2) is 34.1 Å². The van der Waals surface area contributed by atoms with Crippen molar-refractivity contribution in [2.45, 2.75) is 20.1 Å². The third-order valence-corrected chi connectivity index (χ3v) is 5.36. The summed E-state index contributed by atoms with van der Waals surface area (Å²) >= 11 is 2.82. The number of rotatable bonds is 7. The highest BCUT2D eigenvalue weighted by atomic mass is 32.2. The molecule has 0 aliphatic carbocycles. The molecule has 2 heterocycles. The van der Waals surface area contributed by atoms with E-state index in [9.17, 15) is 9.59 Å². The Bertz CT molecular complexity index is 805. The summed E-state index contributed by atoms with van der Waals surface area (Å²) < 4.78 is 10.6. The van der Waals surface area contributed by atoms with Gasteiger partial charge in [0, 0.05) is 5.38 Å². The van der Waals surface area contributed by atoms with Gasteiger partial charge in [-0.2, -0.15) is 0 Å². The maximum absolute atomic E-state index is 12.1. The van der Waals surface area contributed by atoms with Crippen LogP contribution in [0, 0.1) is 0 Å². The van der Waals surface area contributed by atoms with Crippen LogP contribution < -0.4 is 4.74 Å². The monoisotopic (exact) mass is 390 g/mol. The molecule has 0 bridgehead atoms. The summed E-state index contributed by atoms with van der Waals surface area (Å²) in [5.41, 5.74) is 0.771. The highest BCUT2D eigenvalue weighted by Gasteiger charge is 2.28. The van der Waals surface area contributed by atoms with E-state index in [1.54, 1.807) is 11.8 Å². The van der Waals surface area contributed by atoms with Crippen LogP contribution in [0.2, 0.25) is 0 Å². The second-order valence-corrected chi connectivity index (χ2v) is 7.28. The summed E-state index contributed by atoms with van der Waals surface area (Å²) in [5, 5.41) is 3.34. The molecule has 0 atom stereocenters. The molecule has 1 fully saturated rings. The number of hydrogen-bond acceptors (Lipinski definition) is 7. The zero-order valence-corrected chi connectivity index (χ0v) is 15.8. The standard InChI is InChI=1S/C18H18N2O4S2/c1-2-23-18(22)8-17-20(16(21)12-26-17)9-13-11-25-15(19-13)10-24-14-6-4-3-5-7-14/h3-8,11H,2,9-10,12H2,1H3/b17-8+. The van der Waals surface area contributed by atoms with Crippen molar-refractivity contribution >= 4 is 35.0 Å². The maximum Gasteiger partial charge on any atom is 0.333 e. The van der Waals surface area contributed by atoms with Crippen molar-refractivity contribution in [3.8, 4) is 5.75 Å². The summed E-state index contributed by atoms with van der Waals surface area (Å²) in [6.45, 7) is 2.76. The molecule has 0 N–H and O–H groups in total. The number of aromatic nitrogens is 1. The van der Waals surface area contributed by atoms with Crippen molar-refractivity contribution in [3.63, 3.8) is 0 Å². The Labute approximate surface area is 159 Å². The minimum Gasteiger partial charge on any atom is -0.486 e. The Balaban J connectivity index is 1.62. The van der Waals surface area contributed by atoms with Gasteiger partial charge in [0.05, 0.1) is 35.7 Å². The number of thiazole rings is 1. The SMILES string of the molecule is CCOC(=O)/C=C1/SCC(=O)N1Cc1csc(COc2ccccc2)n1. The molecule has 26 heavy (non-hydrogen) atoms. The largest absolute Gasteiger partial charge is 0.486 e. The lowest BCUT2D eigenvalue weighted by molar-refractivity contribution is -0.137. The Morgan fingerprint density at radius 1 is 1.35 bits per heavy atom. The predicted molar refractivity (Wildman–Crippen MR) is 101 cm³/mol. The lowest BCUT2D eigenvalue weighted by Crippen LogP contribution is -2.24. The molecule has 0 radical (unpaired) electrons. The number of carbonyl (C=O) groups is 2. The van der Waals surface area contributed by atoms with Crippen LogP contribution in [0.15, 0.2) is 46.8 Å². The highest BCUT2D eigenvalue weighted by molar-refractivity contribution is 8.04. The number of thioether (sulfide) groups is 1. The molecule has 1 aromatic heterocycles. The Kier molecular flexibility index (Phi) is 6.30. The molecule has 0 unspecified atom stereocenters. The molecule has 136 valence electrons. The zero-order chi connectivity index (χ0) is 18.4. The molecule has 2 aromatic rings. The fourth-order valence-electron chi connectivity index (χ4n) is 2.30. The van der Waals surface area contributed by atoms with E-state index in [-0.39, 0.29) is 5.91 Å². The van der Waals surface area contributed by atoms with Crippen molar-refractivity contribution in [1.82, 2.24) is 9.88 Å². The van der Waals surface area contributed by atoms with Gasteiger partial charge in [0.25, 0.3) is 0 Å². The number of ether oxygens (including phenoxy) is 2. The fourth-order valence-corrected chi connectivity index (χ4v) is 3.92. The van der Waals surface area contributed by atoms with Gasteiger partial charge in [-0.15, -0.1) is 11.3 Å². The molecule has 6 nitrogen and oxygen atoms in total. The van der Waals surface area contributed by atoms with E-state index in [0.717, 1.165) is 16.5 Å². The summed E-state index contributed by atoms with van der Waals surface area (Å²) in [5.74, 6) is 0.625. The summed E-state index contributed by atoms with van der Waals surface area (Å²) in [7, 11) is 0. The van der Waals surface area contributed by atoms with Gasteiger partial charge in [-0.1, -0.05) is 30.0 Å². The van der Waals surface area contributed by atoms with Crippen LogP contribution in [0.1, 0.15) is 17.6 Å². The molecule has 8 heteroatoms. The van der Waals surface area contributed by atoms with Gasteiger partial charge < -0.3 is 9.47 Å². The molecular formula is C18H18N2O4S2. The van der Waals surface area contributed by atoms with Crippen LogP contribution in [0.3, 0.4) is 0 Å². The average Bonchev–Trinajstić information content (AvgIpc) is 3.23. The number of amides is 1. The van der Waals surface area contributed by atoms with E-state index in [1.807, 2.05) is 35.7 Å². The van der Waals surface area contributed by atoms with E-state index in [4.69, 9.17) is 9.47 Å². The first-order chi connectivity index (χ1) is 12.7. The third kappa shape index (κ3) is 4.86. The topological polar surface area (TPSA) is 68.7 Å². The van der Waals surface area contributed by atoms with Gasteiger partial charge in [-0.25, -0.2) is 9.78 Å². The third-order valence-electron chi connectivity index (χ3n) is 3.46. The Hall–Kier alpha value is -2.32. The van der Waals surface area contributed by atoms with Gasteiger partial charge in [-0.05, 0) is 19.1 Å². The lowest BCUT2D eigenvalue weighted by Gasteiger charge is -2.15. The number of para-hydroxylation sites is 1. The summed E-state index contributed by atoms with van der Waals surface area (Å²) in [6, 6.07) is 9.54. The van der Waals surface area contributed by atoms with Crippen molar-refractivity contribution in [1.29, 1.82) is 0 Å². The minimum absolute atomic E-state index is 0.0411. The maximum atomic E-state index is 12.1. The van der Waals surface area contributed by atoms with E-state index >= 15 is 0 Å². The Morgan fingerprint density at radius 2 is 2.15 bits per heavy atom. The molecule has 1 aliphatic rings. The second kappa shape index (κ2) is 8.86. The lowest BCUT2D eigenvalue weighted by atomic mass is 10.3. The van der Waals surface area contributed by atoms with Gasteiger partial charge in [0.15, 0.2) is 0 Å². The average molecular weight is 390 g/mol. The predicted octanol–water partition coefficient (Wildman–Crippen LogP) is 3.20. The van der Waals surface area contributed by atoms with E-state index < -0.39 is 5.97 Å². The van der Waals surface area contributed by atoms with Crippen LogP contribution in [0.4, 0.5) is 0 Å². The number of benzene rings is 1. The molecule has 0 saturated carbocycles. The zero-order valence-electron chi connectivity index (χ0n) is 14.2. The van der Waals surface area contributed by atoms with Crippen molar-refractivity contribution < 1.29 is 19.1 Å². The van der Waals surface area contributed by atoms with E-state index in [0.29, 0.717) is 30.5 Å². The molecule has 1 amide bonds. The number of carbonyl (C=O) groups excluding carboxylic acids is 2. The van der Waals surface area contributed by atoms with Crippen molar-refractivity contribution in [2.24, 2.45) is 0 Å². The van der Waals surface area contributed by atoms with Gasteiger partial charge >= 0.3 is 5.97 Å². The molecule has 1 aromatic carbocycles. The van der Waals surface area contributed by atoms with Gasteiger partial charge in [0.1, 0.15) is 17.4 Å². The van der Waals surface area contributed by atoms with E-state index in [2.05, 4.69) is 4.98 Å². The summed E-state index contributed by atoms with van der Waals surface area (Å²) in [6.07, 6.45) is 1.37. The first kappa shape index (κ1) is 18.5. The minimum atomic E-state index is -0.440. The van der Waals surface area contributed by atoms with Crippen molar-refractivity contribution in [3.05, 3.63) is 57.5 Å². The van der Waals surface area contributed by atoms with E-state index in [1.165, 1.54) is 29.2 Å². The van der Waals surface area contributed by atoms with Crippen LogP contribution in [0.5, 0.6) is 5.75 Å². The Morgan fingerprint density at radius 3 is 2.92 bits per heavy atom. The first-order valence-electron chi connectivity index (χ1n) is 8.08. The van der Waals surface area contributed by atoms with Crippen LogP contribution in [-0.2, 0) is 27.5 Å². The highest BCUT2D eigenvalue weighted by Crippen LogP contribution is 2.30. The number of nitrogens with zero attached hydrogens (tertiary/aromatic N) is 2. The summed E-state index contributed by atoms with van der Waals surface area (Å²) in [4.78, 5) is 29.8. The van der Waals surface area contributed by atoms with Gasteiger partial charge in [-0.3, -0.25) is 9.69 Å². The normalized spacial score (nSPS) is 15.5. The molecule has 1 saturated heterocycles. The van der Waals surface area contributed by atoms with Crippen molar-refractivity contribution in [2.75, 3.05) is 12.4 Å². The molecule has 1 aliphatic heterocycles. The molecule has 0 spiro atoms. The first-order valence-corrected chi connectivity index (χ1v) is 9.95. The number of esters is 1. The van der Waals surface area contributed by atoms with Crippen LogP contribution >= 0.6 is 23.1 Å². The molecule has 3 rings (SSSR count). The van der Waals surface area contributed by atoms with Crippen LogP contribution in [0.25, 0.3) is 0 Å². The second-order valence-electron chi connectivity index (χ2n) is 5.34.